The molecule has 0 saturated heterocycles. The summed E-state index contributed by atoms with van der Waals surface area (Å²) in [5, 5.41) is 8.82. The van der Waals surface area contributed by atoms with Crippen molar-refractivity contribution in [2.45, 2.75) is 12.2 Å². The molecule has 0 aliphatic rings. The zero-order valence-electron chi connectivity index (χ0n) is 9.77. The number of rotatable bonds is 6. The van der Waals surface area contributed by atoms with Gasteiger partial charge in [0.15, 0.2) is 17.3 Å². The largest absolute Gasteiger partial charge is 0.494 e. The molecule has 0 bridgehead atoms. The smallest absolute Gasteiger partial charge is 0.172 e. The number of methoxy groups -OCH3 is 1. The lowest BCUT2D eigenvalue weighted by Crippen LogP contribution is -2.09. The molecule has 1 unspecified atom stereocenters. The second kappa shape index (κ2) is 6.61. The molecular weight excluding hydrogens is 243 g/mol. The summed E-state index contributed by atoms with van der Waals surface area (Å²) in [7, 11) is 1.37. The van der Waals surface area contributed by atoms with Crippen LogP contribution < -0.4 is 4.74 Å². The molecule has 0 fully saturated rings. The zero-order chi connectivity index (χ0) is 12.8. The molecule has 1 atom stereocenters. The van der Waals surface area contributed by atoms with E-state index in [-0.39, 0.29) is 29.1 Å². The Morgan fingerprint density at radius 1 is 1.59 bits per heavy atom. The molecule has 0 heterocycles. The summed E-state index contributed by atoms with van der Waals surface area (Å²) in [6.07, 6.45) is 0. The Bertz CT molecular complexity index is 395. The van der Waals surface area contributed by atoms with E-state index < -0.39 is 5.82 Å². The third-order valence-corrected chi connectivity index (χ3v) is 3.38. The molecule has 0 amide bonds. The molecule has 1 rings (SSSR count). The second-order valence-corrected chi connectivity index (χ2v) is 5.00. The van der Waals surface area contributed by atoms with E-state index in [0.717, 1.165) is 0 Å². The maximum atomic E-state index is 13.4. The number of benzene rings is 1. The van der Waals surface area contributed by atoms with Crippen molar-refractivity contribution in [3.05, 3.63) is 29.6 Å². The fourth-order valence-electron chi connectivity index (χ4n) is 1.19. The average Bonchev–Trinajstić information content (AvgIpc) is 2.35. The van der Waals surface area contributed by atoms with Crippen molar-refractivity contribution in [1.29, 1.82) is 0 Å². The number of aliphatic hydroxyl groups excluding tert-OH is 1. The topological polar surface area (TPSA) is 46.5 Å². The Kier molecular flexibility index (Phi) is 5.44. The fraction of sp³-hybridized carbons (Fsp3) is 0.417. The summed E-state index contributed by atoms with van der Waals surface area (Å²) in [5.41, 5.74) is 0.320. The third kappa shape index (κ3) is 4.02. The van der Waals surface area contributed by atoms with E-state index in [9.17, 15) is 9.18 Å². The van der Waals surface area contributed by atoms with Gasteiger partial charge in [0.05, 0.1) is 19.5 Å². The molecule has 0 spiro atoms. The maximum absolute atomic E-state index is 13.4. The van der Waals surface area contributed by atoms with Crippen LogP contribution in [0.2, 0.25) is 0 Å². The van der Waals surface area contributed by atoms with Gasteiger partial charge < -0.3 is 9.84 Å². The van der Waals surface area contributed by atoms with Crippen LogP contribution in [0.15, 0.2) is 18.2 Å². The maximum Gasteiger partial charge on any atom is 0.172 e. The van der Waals surface area contributed by atoms with Gasteiger partial charge in [-0.25, -0.2) is 4.39 Å². The number of ketones is 1. The first-order chi connectivity index (χ1) is 8.08. The van der Waals surface area contributed by atoms with Gasteiger partial charge in [-0.05, 0) is 18.2 Å². The molecule has 1 aromatic rings. The van der Waals surface area contributed by atoms with E-state index in [2.05, 4.69) is 0 Å². The number of ether oxygens (including phenoxy) is 1. The van der Waals surface area contributed by atoms with Gasteiger partial charge in [-0.1, -0.05) is 6.92 Å². The minimum absolute atomic E-state index is 0.00189. The highest BCUT2D eigenvalue weighted by Crippen LogP contribution is 2.19. The van der Waals surface area contributed by atoms with E-state index in [1.165, 1.54) is 37.1 Å². The molecule has 1 N–H and O–H groups in total. The van der Waals surface area contributed by atoms with Crippen molar-refractivity contribution < 1.29 is 19.0 Å². The average molecular weight is 258 g/mol. The highest BCUT2D eigenvalue weighted by atomic mass is 32.2. The van der Waals surface area contributed by atoms with Crippen LogP contribution in [0.25, 0.3) is 0 Å². The summed E-state index contributed by atoms with van der Waals surface area (Å²) in [5.74, 6) is -0.346. The first kappa shape index (κ1) is 14.0. The molecule has 1 aromatic carbocycles. The Labute approximate surface area is 104 Å². The van der Waals surface area contributed by atoms with Gasteiger partial charge >= 0.3 is 0 Å². The molecule has 94 valence electrons. The van der Waals surface area contributed by atoms with E-state index in [0.29, 0.717) is 5.56 Å². The highest BCUT2D eigenvalue weighted by Gasteiger charge is 2.11. The number of thioether (sulfide) groups is 1. The van der Waals surface area contributed by atoms with E-state index in [1.54, 1.807) is 0 Å². The Morgan fingerprint density at radius 2 is 2.29 bits per heavy atom. The lowest BCUT2D eigenvalue weighted by atomic mass is 10.1. The number of carbonyl (C=O) groups is 1. The predicted molar refractivity (Wildman–Crippen MR) is 66.3 cm³/mol. The normalized spacial score (nSPS) is 12.2. The van der Waals surface area contributed by atoms with Gasteiger partial charge in [0.2, 0.25) is 0 Å². The number of Topliss-reactive ketones (excluding diaryl/α,β-unsaturated/α-hetero) is 1. The monoisotopic (exact) mass is 258 g/mol. The van der Waals surface area contributed by atoms with Crippen LogP contribution in [0.1, 0.15) is 17.3 Å². The third-order valence-electron chi connectivity index (χ3n) is 2.23. The van der Waals surface area contributed by atoms with Crippen LogP contribution in [0.4, 0.5) is 4.39 Å². The van der Waals surface area contributed by atoms with Crippen molar-refractivity contribution in [2.24, 2.45) is 0 Å². The Balaban J connectivity index is 2.66. The molecule has 17 heavy (non-hydrogen) atoms. The molecule has 5 heteroatoms. The first-order valence-electron chi connectivity index (χ1n) is 5.17. The number of aliphatic hydroxyl groups is 1. The number of hydrogen-bond donors (Lipinski definition) is 1. The summed E-state index contributed by atoms with van der Waals surface area (Å²) < 4.78 is 18.1. The Morgan fingerprint density at radius 3 is 2.82 bits per heavy atom. The quantitative estimate of drug-likeness (QED) is 0.794. The van der Waals surface area contributed by atoms with Crippen molar-refractivity contribution in [2.75, 3.05) is 19.5 Å². The number of halogens is 1. The zero-order valence-corrected chi connectivity index (χ0v) is 10.6. The van der Waals surface area contributed by atoms with Gasteiger partial charge in [0.25, 0.3) is 0 Å². The SMILES string of the molecule is COc1ccc(C(=O)CSC(C)CO)cc1F. The highest BCUT2D eigenvalue weighted by molar-refractivity contribution is 8.00. The lowest BCUT2D eigenvalue weighted by Gasteiger charge is -2.07. The molecule has 0 aromatic heterocycles. The minimum atomic E-state index is -0.543. The fourth-order valence-corrected chi connectivity index (χ4v) is 1.90. The van der Waals surface area contributed by atoms with Crippen LogP contribution in [0, 0.1) is 5.82 Å². The summed E-state index contributed by atoms with van der Waals surface area (Å²) in [4.78, 5) is 11.7. The molecule has 0 radical (unpaired) electrons. The van der Waals surface area contributed by atoms with Gasteiger partial charge in [0, 0.05) is 10.8 Å². The lowest BCUT2D eigenvalue weighted by molar-refractivity contribution is 0.102. The van der Waals surface area contributed by atoms with Crippen molar-refractivity contribution >= 4 is 17.5 Å². The van der Waals surface area contributed by atoms with Crippen molar-refractivity contribution in [1.82, 2.24) is 0 Å². The van der Waals surface area contributed by atoms with Gasteiger partial charge in [-0.15, -0.1) is 11.8 Å². The van der Waals surface area contributed by atoms with Crippen LogP contribution in [0.3, 0.4) is 0 Å². The molecule has 3 nitrogen and oxygen atoms in total. The van der Waals surface area contributed by atoms with E-state index >= 15 is 0 Å². The molecule has 0 aliphatic heterocycles. The van der Waals surface area contributed by atoms with E-state index in [1.807, 2.05) is 6.92 Å². The van der Waals surface area contributed by atoms with Crippen molar-refractivity contribution in [3.63, 3.8) is 0 Å². The van der Waals surface area contributed by atoms with Crippen LogP contribution >= 0.6 is 11.8 Å². The number of carbonyl (C=O) groups excluding carboxylic acids is 1. The van der Waals surface area contributed by atoms with Gasteiger partial charge in [0.1, 0.15) is 0 Å². The van der Waals surface area contributed by atoms with Gasteiger partial charge in [-0.2, -0.15) is 0 Å². The Hall–Kier alpha value is -1.07. The second-order valence-electron chi connectivity index (χ2n) is 3.58. The predicted octanol–water partition coefficient (Wildman–Crippen LogP) is 2.13. The number of hydrogen-bond acceptors (Lipinski definition) is 4. The minimum Gasteiger partial charge on any atom is -0.494 e. The van der Waals surface area contributed by atoms with E-state index in [4.69, 9.17) is 9.84 Å². The summed E-state index contributed by atoms with van der Waals surface area (Å²) in [6, 6.07) is 4.14. The van der Waals surface area contributed by atoms with Crippen molar-refractivity contribution in [3.8, 4) is 5.75 Å². The summed E-state index contributed by atoms with van der Waals surface area (Å²) in [6.45, 7) is 1.85. The van der Waals surface area contributed by atoms with Crippen LogP contribution in [-0.4, -0.2) is 35.6 Å². The summed E-state index contributed by atoms with van der Waals surface area (Å²) >= 11 is 1.34. The molecular formula is C12H15FO3S. The van der Waals surface area contributed by atoms with Gasteiger partial charge in [-0.3, -0.25) is 4.79 Å². The van der Waals surface area contributed by atoms with Crippen LogP contribution in [-0.2, 0) is 0 Å². The standard InChI is InChI=1S/C12H15FO3S/c1-8(6-14)17-7-11(15)9-3-4-12(16-2)10(13)5-9/h3-5,8,14H,6-7H2,1-2H3. The molecule has 0 aliphatic carbocycles. The van der Waals surface area contributed by atoms with Crippen LogP contribution in [0.5, 0.6) is 5.75 Å². The first-order valence-corrected chi connectivity index (χ1v) is 6.22. The molecule has 0 saturated carbocycles.